The van der Waals surface area contributed by atoms with Crippen molar-refractivity contribution in [2.24, 2.45) is 0 Å². The van der Waals surface area contributed by atoms with Crippen LogP contribution in [0.5, 0.6) is 5.88 Å². The third kappa shape index (κ3) is 8.64. The van der Waals surface area contributed by atoms with E-state index in [-0.39, 0.29) is 12.0 Å². The quantitative estimate of drug-likeness (QED) is 0.137. The Kier molecular flexibility index (Phi) is 10.6. The topological polar surface area (TPSA) is 135 Å². The average Bonchev–Trinajstić information content (AvgIpc) is 2.92. The zero-order chi connectivity index (χ0) is 30.1. The summed E-state index contributed by atoms with van der Waals surface area (Å²) in [5.74, 6) is 1.73. The van der Waals surface area contributed by atoms with Gasteiger partial charge in [0.05, 0.1) is 17.5 Å². The number of amides is 1. The molecule has 0 saturated heterocycles. The molecule has 2 heterocycles. The number of aromatic nitrogens is 3. The van der Waals surface area contributed by atoms with Gasteiger partial charge in [0.1, 0.15) is 17.3 Å². The van der Waals surface area contributed by atoms with Crippen molar-refractivity contribution in [3.8, 4) is 5.88 Å². The zero-order valence-corrected chi connectivity index (χ0v) is 24.8. The Hall–Kier alpha value is -4.71. The maximum absolute atomic E-state index is 12.3. The van der Waals surface area contributed by atoms with E-state index < -0.39 is 0 Å². The summed E-state index contributed by atoms with van der Waals surface area (Å²) in [6.45, 7) is 8.87. The molecule has 4 N–H and O–H groups in total. The van der Waals surface area contributed by atoms with Crippen LogP contribution in [0.4, 0.5) is 34.6 Å². The van der Waals surface area contributed by atoms with E-state index in [0.29, 0.717) is 47.2 Å². The van der Waals surface area contributed by atoms with Gasteiger partial charge in [-0.25, -0.2) is 4.98 Å². The Balaban J connectivity index is 1.99. The Morgan fingerprint density at radius 2 is 1.76 bits per heavy atom. The van der Waals surface area contributed by atoms with Crippen LogP contribution in [-0.4, -0.2) is 90.9 Å². The highest BCUT2D eigenvalue weighted by Crippen LogP contribution is 2.35. The van der Waals surface area contributed by atoms with Gasteiger partial charge in [-0.1, -0.05) is 18.7 Å². The molecular weight excluding hydrogens is 520 g/mol. The van der Waals surface area contributed by atoms with E-state index in [0.717, 1.165) is 17.8 Å². The van der Waals surface area contributed by atoms with Gasteiger partial charge < -0.3 is 35.4 Å². The molecule has 0 atom stereocenters. The number of nitrogens with zero attached hydrogens (tertiary/aromatic N) is 6. The fourth-order valence-corrected chi connectivity index (χ4v) is 3.70. The molecule has 0 spiro atoms. The van der Waals surface area contributed by atoms with Crippen LogP contribution in [0.15, 0.2) is 55.3 Å². The summed E-state index contributed by atoms with van der Waals surface area (Å²) < 4.78 is 6.07. The summed E-state index contributed by atoms with van der Waals surface area (Å²) in [5, 5.41) is 17.8. The molecule has 3 aromatic rings. The van der Waals surface area contributed by atoms with Crippen molar-refractivity contribution in [3.63, 3.8) is 0 Å². The molecule has 218 valence electrons. The summed E-state index contributed by atoms with van der Waals surface area (Å²) in [7, 11) is 9.56. The van der Waals surface area contributed by atoms with Crippen molar-refractivity contribution in [2.75, 3.05) is 69.2 Å². The molecule has 1 amide bonds. The average molecular weight is 561 g/mol. The van der Waals surface area contributed by atoms with Crippen LogP contribution in [0.3, 0.4) is 0 Å². The van der Waals surface area contributed by atoms with Gasteiger partial charge in [0.25, 0.3) is 0 Å². The number of hydrogen-bond donors (Lipinski definition) is 4. The van der Waals surface area contributed by atoms with E-state index in [1.165, 1.54) is 6.08 Å². The number of rotatable bonds is 13. The van der Waals surface area contributed by atoms with Gasteiger partial charge in [-0.15, -0.1) is 0 Å². The largest absolute Gasteiger partial charge is 0.473 e. The molecular formula is C29H40N10O2. The number of para-hydroxylation sites is 1. The summed E-state index contributed by atoms with van der Waals surface area (Å²) in [6.07, 6.45) is 2.67. The zero-order valence-electron chi connectivity index (χ0n) is 24.8. The number of carbonyl (C=O) groups is 1. The van der Waals surface area contributed by atoms with Gasteiger partial charge in [-0.2, -0.15) is 9.97 Å². The molecule has 0 aliphatic rings. The van der Waals surface area contributed by atoms with Crippen LogP contribution in [0.1, 0.15) is 19.4 Å². The smallest absolute Gasteiger partial charge is 0.247 e. The van der Waals surface area contributed by atoms with Crippen LogP contribution in [0.25, 0.3) is 0 Å². The summed E-state index contributed by atoms with van der Waals surface area (Å²) in [5.41, 5.74) is 2.44. The number of carbonyl (C=O) groups excluding carboxylic acids is 1. The number of likely N-dealkylation sites (N-methyl/N-ethyl adjacent to an activating group) is 2. The minimum Gasteiger partial charge on any atom is -0.473 e. The number of anilines is 6. The van der Waals surface area contributed by atoms with Crippen molar-refractivity contribution in [2.45, 2.75) is 20.0 Å². The van der Waals surface area contributed by atoms with Gasteiger partial charge in [-0.05, 0) is 58.3 Å². The molecule has 0 unspecified atom stereocenters. The van der Waals surface area contributed by atoms with E-state index >= 15 is 0 Å². The number of pyridine rings is 1. The van der Waals surface area contributed by atoms with Crippen molar-refractivity contribution in [3.05, 3.63) is 60.8 Å². The normalized spacial score (nSPS) is 10.8. The Bertz CT molecular complexity index is 1370. The van der Waals surface area contributed by atoms with E-state index in [4.69, 9.17) is 15.1 Å². The minimum absolute atomic E-state index is 0.158. The highest BCUT2D eigenvalue weighted by Gasteiger charge is 2.19. The van der Waals surface area contributed by atoms with E-state index in [9.17, 15) is 4.79 Å². The van der Waals surface area contributed by atoms with Crippen LogP contribution in [-0.2, 0) is 4.79 Å². The van der Waals surface area contributed by atoms with Crippen LogP contribution >= 0.6 is 0 Å². The molecule has 12 nitrogen and oxygen atoms in total. The number of nitrogens with one attached hydrogen (secondary N) is 4. The lowest BCUT2D eigenvalue weighted by atomic mass is 10.1. The van der Waals surface area contributed by atoms with E-state index in [1.54, 1.807) is 23.2 Å². The maximum atomic E-state index is 12.3. The molecule has 0 fully saturated rings. The first-order valence-corrected chi connectivity index (χ1v) is 13.2. The van der Waals surface area contributed by atoms with Crippen LogP contribution in [0, 0.1) is 5.41 Å². The van der Waals surface area contributed by atoms with Gasteiger partial charge in [-0.3, -0.25) is 10.2 Å². The van der Waals surface area contributed by atoms with Gasteiger partial charge in [0.15, 0.2) is 5.82 Å². The standard InChI is InChI=1S/C29H40N10O2/c1-9-25(40)33-22-18-23(28(41-19(2)3)36-27(22)39(8)17-16-37(4)5)34-29-31-15-14-24(35-29)32-21-13-11-10-12-20(21)26(30)38(6)7/h9-15,18-19,30H,1,16-17H2,2-8H3,(H,33,40)(H2,31,32,34,35). The third-order valence-electron chi connectivity index (χ3n) is 5.80. The Morgan fingerprint density at radius 1 is 1.02 bits per heavy atom. The lowest BCUT2D eigenvalue weighted by Gasteiger charge is -2.25. The summed E-state index contributed by atoms with van der Waals surface area (Å²) in [4.78, 5) is 31.9. The fourth-order valence-electron chi connectivity index (χ4n) is 3.70. The predicted octanol–water partition coefficient (Wildman–Crippen LogP) is 4.16. The Labute approximate surface area is 242 Å². The number of amidine groups is 1. The lowest BCUT2D eigenvalue weighted by Crippen LogP contribution is -2.30. The molecule has 1 aromatic carbocycles. The third-order valence-corrected chi connectivity index (χ3v) is 5.80. The lowest BCUT2D eigenvalue weighted by molar-refractivity contribution is -0.111. The number of hydrogen-bond acceptors (Lipinski definition) is 10. The van der Waals surface area contributed by atoms with Crippen molar-refractivity contribution in [1.82, 2.24) is 24.8 Å². The molecule has 12 heteroatoms. The number of benzene rings is 1. The van der Waals surface area contributed by atoms with E-state index in [1.807, 2.05) is 78.3 Å². The van der Waals surface area contributed by atoms with Crippen molar-refractivity contribution in [1.29, 1.82) is 5.41 Å². The van der Waals surface area contributed by atoms with Gasteiger partial charge in [0.2, 0.25) is 17.7 Å². The summed E-state index contributed by atoms with van der Waals surface area (Å²) >= 11 is 0. The highest BCUT2D eigenvalue weighted by molar-refractivity contribution is 6.02. The molecule has 0 radical (unpaired) electrons. The van der Waals surface area contributed by atoms with Crippen molar-refractivity contribution < 1.29 is 9.53 Å². The molecule has 0 saturated carbocycles. The molecule has 41 heavy (non-hydrogen) atoms. The summed E-state index contributed by atoms with van der Waals surface area (Å²) in [6, 6.07) is 11.0. The predicted molar refractivity (Wildman–Crippen MR) is 166 cm³/mol. The minimum atomic E-state index is -0.359. The fraction of sp³-hybridized carbons (Fsp3) is 0.345. The van der Waals surface area contributed by atoms with Crippen LogP contribution in [0.2, 0.25) is 0 Å². The molecule has 0 aliphatic heterocycles. The molecule has 0 aliphatic carbocycles. The number of ether oxygens (including phenoxy) is 1. The van der Waals surface area contributed by atoms with Crippen LogP contribution < -0.4 is 25.6 Å². The monoisotopic (exact) mass is 560 g/mol. The van der Waals surface area contributed by atoms with E-state index in [2.05, 4.69) is 37.4 Å². The first-order chi connectivity index (χ1) is 19.5. The van der Waals surface area contributed by atoms with Gasteiger partial charge >= 0.3 is 0 Å². The second-order valence-electron chi connectivity index (χ2n) is 10.1. The molecule has 0 bridgehead atoms. The Morgan fingerprint density at radius 3 is 2.41 bits per heavy atom. The van der Waals surface area contributed by atoms with Crippen molar-refractivity contribution >= 4 is 46.4 Å². The SMILES string of the molecule is C=CC(=O)Nc1cc(Nc2nccc(Nc3ccccc3C(=N)N(C)C)n2)c(OC(C)C)nc1N(C)CCN(C)C. The first-order valence-electron chi connectivity index (χ1n) is 13.2. The first kappa shape index (κ1) is 30.8. The second kappa shape index (κ2) is 14.1. The highest BCUT2D eigenvalue weighted by atomic mass is 16.5. The van der Waals surface area contributed by atoms with Gasteiger partial charge in [0, 0.05) is 46.0 Å². The maximum Gasteiger partial charge on any atom is 0.247 e. The second-order valence-corrected chi connectivity index (χ2v) is 10.1. The molecule has 3 rings (SSSR count). The molecule has 2 aromatic heterocycles.